The standard InChI is InChI=1S/C10H18N2S/c1-8-4-2-3-5-9(8)12-10-11-6-7-13-10/h8-9H,2-7H2,1H3,(H,11,12)/t8-,9-/m0/s1. The Morgan fingerprint density at radius 1 is 1.38 bits per heavy atom. The van der Waals surface area contributed by atoms with Gasteiger partial charge in [-0.1, -0.05) is 31.5 Å². The molecule has 2 aliphatic rings. The van der Waals surface area contributed by atoms with Crippen molar-refractivity contribution in [3.8, 4) is 0 Å². The van der Waals surface area contributed by atoms with Crippen molar-refractivity contribution in [3.05, 3.63) is 0 Å². The van der Waals surface area contributed by atoms with E-state index in [9.17, 15) is 0 Å². The molecule has 0 aromatic heterocycles. The van der Waals surface area contributed by atoms with Crippen molar-refractivity contribution in [2.24, 2.45) is 10.9 Å². The number of hydrogen-bond acceptors (Lipinski definition) is 3. The van der Waals surface area contributed by atoms with Gasteiger partial charge in [0, 0.05) is 11.8 Å². The number of rotatable bonds is 1. The Morgan fingerprint density at radius 2 is 2.23 bits per heavy atom. The smallest absolute Gasteiger partial charge is 0.156 e. The molecule has 1 aliphatic heterocycles. The second-order valence-electron chi connectivity index (χ2n) is 4.05. The highest BCUT2D eigenvalue weighted by molar-refractivity contribution is 8.14. The van der Waals surface area contributed by atoms with Gasteiger partial charge in [-0.2, -0.15) is 0 Å². The van der Waals surface area contributed by atoms with Crippen LogP contribution in [0.1, 0.15) is 32.6 Å². The molecule has 0 amide bonds. The molecule has 0 spiro atoms. The molecular weight excluding hydrogens is 180 g/mol. The average Bonchev–Trinajstić information content (AvgIpc) is 2.61. The van der Waals surface area contributed by atoms with Crippen LogP contribution in [0.2, 0.25) is 0 Å². The van der Waals surface area contributed by atoms with Gasteiger partial charge in [0.1, 0.15) is 0 Å². The molecule has 1 N–H and O–H groups in total. The van der Waals surface area contributed by atoms with Crippen molar-refractivity contribution in [1.29, 1.82) is 0 Å². The number of thioether (sulfide) groups is 1. The normalized spacial score (nSPS) is 34.4. The summed E-state index contributed by atoms with van der Waals surface area (Å²) in [5, 5.41) is 4.77. The van der Waals surface area contributed by atoms with Crippen LogP contribution in [-0.2, 0) is 0 Å². The zero-order chi connectivity index (χ0) is 9.10. The fraction of sp³-hybridized carbons (Fsp3) is 0.900. The summed E-state index contributed by atoms with van der Waals surface area (Å²) >= 11 is 1.88. The molecule has 0 radical (unpaired) electrons. The number of nitrogens with zero attached hydrogens (tertiary/aromatic N) is 1. The van der Waals surface area contributed by atoms with Gasteiger partial charge in [0.15, 0.2) is 5.17 Å². The van der Waals surface area contributed by atoms with Crippen molar-refractivity contribution < 1.29 is 0 Å². The van der Waals surface area contributed by atoms with Crippen LogP contribution in [0.3, 0.4) is 0 Å². The molecule has 3 heteroatoms. The van der Waals surface area contributed by atoms with Gasteiger partial charge in [-0.3, -0.25) is 4.99 Å². The summed E-state index contributed by atoms with van der Waals surface area (Å²) in [5.74, 6) is 2.00. The summed E-state index contributed by atoms with van der Waals surface area (Å²) in [5.41, 5.74) is 0. The Hall–Kier alpha value is -0.180. The predicted molar refractivity (Wildman–Crippen MR) is 59.3 cm³/mol. The van der Waals surface area contributed by atoms with E-state index < -0.39 is 0 Å². The number of hydrogen-bond donors (Lipinski definition) is 1. The summed E-state index contributed by atoms with van der Waals surface area (Å²) in [6, 6.07) is 0.693. The van der Waals surface area contributed by atoms with E-state index in [0.717, 1.165) is 12.5 Å². The van der Waals surface area contributed by atoms with Crippen LogP contribution < -0.4 is 5.32 Å². The lowest BCUT2D eigenvalue weighted by molar-refractivity contribution is 0.310. The van der Waals surface area contributed by atoms with Gasteiger partial charge < -0.3 is 5.32 Å². The first-order valence-corrected chi connectivity index (χ1v) is 6.28. The van der Waals surface area contributed by atoms with Crippen LogP contribution in [0.15, 0.2) is 4.99 Å². The third-order valence-corrected chi connectivity index (χ3v) is 3.91. The van der Waals surface area contributed by atoms with Crippen molar-refractivity contribution in [2.75, 3.05) is 12.3 Å². The Bertz CT molecular complexity index is 203. The summed E-state index contributed by atoms with van der Waals surface area (Å²) in [6.45, 7) is 3.37. The zero-order valence-electron chi connectivity index (χ0n) is 8.25. The van der Waals surface area contributed by atoms with E-state index in [1.54, 1.807) is 0 Å². The Morgan fingerprint density at radius 3 is 2.92 bits per heavy atom. The minimum atomic E-state index is 0.693. The van der Waals surface area contributed by atoms with E-state index in [1.807, 2.05) is 11.8 Å². The lowest BCUT2D eigenvalue weighted by atomic mass is 9.86. The molecule has 0 unspecified atom stereocenters. The van der Waals surface area contributed by atoms with Gasteiger partial charge in [-0.15, -0.1) is 0 Å². The molecule has 74 valence electrons. The molecule has 1 saturated carbocycles. The van der Waals surface area contributed by atoms with Crippen molar-refractivity contribution >= 4 is 16.9 Å². The number of nitrogens with one attached hydrogen (secondary N) is 1. The Balaban J connectivity index is 1.85. The fourth-order valence-electron chi connectivity index (χ4n) is 2.11. The second-order valence-corrected chi connectivity index (χ2v) is 5.13. The first-order valence-electron chi connectivity index (χ1n) is 5.30. The minimum absolute atomic E-state index is 0.693. The first-order chi connectivity index (χ1) is 6.36. The van der Waals surface area contributed by atoms with Gasteiger partial charge in [-0.25, -0.2) is 0 Å². The molecule has 1 fully saturated rings. The van der Waals surface area contributed by atoms with Gasteiger partial charge in [0.25, 0.3) is 0 Å². The van der Waals surface area contributed by atoms with Crippen LogP contribution in [0.25, 0.3) is 0 Å². The predicted octanol–water partition coefficient (Wildman–Crippen LogP) is 2.26. The molecule has 0 aromatic carbocycles. The van der Waals surface area contributed by atoms with Crippen LogP contribution in [0.4, 0.5) is 0 Å². The van der Waals surface area contributed by atoms with E-state index in [0.29, 0.717) is 6.04 Å². The maximum absolute atomic E-state index is 4.43. The van der Waals surface area contributed by atoms with Crippen molar-refractivity contribution in [2.45, 2.75) is 38.6 Å². The lowest BCUT2D eigenvalue weighted by Gasteiger charge is -2.29. The molecule has 1 aliphatic carbocycles. The topological polar surface area (TPSA) is 24.4 Å². The van der Waals surface area contributed by atoms with E-state index in [2.05, 4.69) is 17.2 Å². The maximum Gasteiger partial charge on any atom is 0.156 e. The van der Waals surface area contributed by atoms with E-state index in [-0.39, 0.29) is 0 Å². The number of aliphatic imine (C=N–C) groups is 1. The largest absolute Gasteiger partial charge is 0.362 e. The monoisotopic (exact) mass is 198 g/mol. The first kappa shape index (κ1) is 9.38. The van der Waals surface area contributed by atoms with E-state index >= 15 is 0 Å². The average molecular weight is 198 g/mol. The molecule has 2 rings (SSSR count). The maximum atomic E-state index is 4.43. The Kier molecular flexibility index (Phi) is 3.14. The van der Waals surface area contributed by atoms with Crippen molar-refractivity contribution in [1.82, 2.24) is 5.32 Å². The van der Waals surface area contributed by atoms with Gasteiger partial charge >= 0.3 is 0 Å². The lowest BCUT2D eigenvalue weighted by Crippen LogP contribution is -2.39. The molecule has 2 nitrogen and oxygen atoms in total. The molecular formula is C10H18N2S. The zero-order valence-corrected chi connectivity index (χ0v) is 9.07. The summed E-state index contributed by atoms with van der Waals surface area (Å²) in [6.07, 6.45) is 5.52. The fourth-order valence-corrected chi connectivity index (χ4v) is 2.90. The SMILES string of the molecule is C[C@H]1CCCC[C@@H]1NC1=NCCS1. The third-order valence-electron chi connectivity index (χ3n) is 3.01. The number of amidine groups is 1. The van der Waals surface area contributed by atoms with Crippen LogP contribution in [-0.4, -0.2) is 23.5 Å². The van der Waals surface area contributed by atoms with Crippen LogP contribution in [0, 0.1) is 5.92 Å². The molecule has 2 atom stereocenters. The molecule has 13 heavy (non-hydrogen) atoms. The highest BCUT2D eigenvalue weighted by Crippen LogP contribution is 2.24. The second kappa shape index (κ2) is 4.36. The summed E-state index contributed by atoms with van der Waals surface area (Å²) in [7, 11) is 0. The summed E-state index contributed by atoms with van der Waals surface area (Å²) < 4.78 is 0. The van der Waals surface area contributed by atoms with Gasteiger partial charge in [-0.05, 0) is 18.8 Å². The van der Waals surface area contributed by atoms with Crippen LogP contribution >= 0.6 is 11.8 Å². The molecule has 0 bridgehead atoms. The Labute approximate surface area is 84.6 Å². The van der Waals surface area contributed by atoms with Gasteiger partial charge in [0.05, 0.1) is 6.54 Å². The van der Waals surface area contributed by atoms with Crippen molar-refractivity contribution in [3.63, 3.8) is 0 Å². The van der Waals surface area contributed by atoms with E-state index in [1.165, 1.54) is 36.6 Å². The highest BCUT2D eigenvalue weighted by Gasteiger charge is 2.22. The quantitative estimate of drug-likeness (QED) is 0.699. The molecule has 0 saturated heterocycles. The highest BCUT2D eigenvalue weighted by atomic mass is 32.2. The summed E-state index contributed by atoms with van der Waals surface area (Å²) in [4.78, 5) is 4.43. The van der Waals surface area contributed by atoms with Crippen LogP contribution in [0.5, 0.6) is 0 Å². The van der Waals surface area contributed by atoms with E-state index in [4.69, 9.17) is 0 Å². The van der Waals surface area contributed by atoms with Gasteiger partial charge in [0.2, 0.25) is 0 Å². The molecule has 0 aromatic rings. The minimum Gasteiger partial charge on any atom is -0.362 e. The third kappa shape index (κ3) is 2.39. The molecule has 1 heterocycles.